The monoisotopic (exact) mass is 318 g/mol. The summed E-state index contributed by atoms with van der Waals surface area (Å²) >= 11 is 11.8. The summed E-state index contributed by atoms with van der Waals surface area (Å²) < 4.78 is 1.73. The Balaban J connectivity index is 2.07. The summed E-state index contributed by atoms with van der Waals surface area (Å²) in [6.07, 6.45) is 1.64. The highest BCUT2D eigenvalue weighted by atomic mass is 35.5. The standard InChI is InChI=1S/C16H12Cl2N2O/c1-20-15-5-3-2-4-11(15)12(16(20)21)9-19-10-6-7-13(17)14(18)8-10/h2-9,21H,1H3. The van der Waals surface area contributed by atoms with E-state index in [-0.39, 0.29) is 5.88 Å². The Morgan fingerprint density at radius 2 is 1.86 bits per heavy atom. The zero-order chi connectivity index (χ0) is 15.0. The molecule has 21 heavy (non-hydrogen) atoms. The number of fused-ring (bicyclic) bond motifs is 1. The van der Waals surface area contributed by atoms with Crippen LogP contribution in [0.3, 0.4) is 0 Å². The molecule has 0 radical (unpaired) electrons. The number of nitrogens with zero attached hydrogens (tertiary/aromatic N) is 2. The maximum Gasteiger partial charge on any atom is 0.200 e. The molecule has 1 N–H and O–H groups in total. The molecule has 0 saturated heterocycles. The summed E-state index contributed by atoms with van der Waals surface area (Å²) in [5.74, 6) is 0.181. The molecule has 0 bridgehead atoms. The molecule has 3 aromatic rings. The molecule has 1 heterocycles. The number of aliphatic imine (C=N–C) groups is 1. The Morgan fingerprint density at radius 1 is 1.10 bits per heavy atom. The van der Waals surface area contributed by atoms with Crippen molar-refractivity contribution in [1.29, 1.82) is 0 Å². The average molecular weight is 319 g/mol. The van der Waals surface area contributed by atoms with Gasteiger partial charge >= 0.3 is 0 Å². The van der Waals surface area contributed by atoms with Gasteiger partial charge in [0.25, 0.3) is 0 Å². The quantitative estimate of drug-likeness (QED) is 0.667. The van der Waals surface area contributed by atoms with E-state index < -0.39 is 0 Å². The van der Waals surface area contributed by atoms with Crippen LogP contribution in [0.25, 0.3) is 10.9 Å². The van der Waals surface area contributed by atoms with E-state index in [1.165, 1.54) is 0 Å². The van der Waals surface area contributed by atoms with Gasteiger partial charge in [-0.15, -0.1) is 0 Å². The summed E-state index contributed by atoms with van der Waals surface area (Å²) in [5, 5.41) is 12.1. The number of benzene rings is 2. The van der Waals surface area contributed by atoms with Crippen LogP contribution in [0.15, 0.2) is 47.5 Å². The molecule has 5 heteroatoms. The summed E-state index contributed by atoms with van der Waals surface area (Å²) in [7, 11) is 1.81. The van der Waals surface area contributed by atoms with E-state index in [0.717, 1.165) is 10.9 Å². The van der Waals surface area contributed by atoms with E-state index in [9.17, 15) is 5.11 Å². The lowest BCUT2D eigenvalue weighted by Gasteiger charge is -1.98. The van der Waals surface area contributed by atoms with E-state index in [1.54, 1.807) is 29.0 Å². The van der Waals surface area contributed by atoms with Crippen LogP contribution < -0.4 is 0 Å². The van der Waals surface area contributed by atoms with E-state index in [2.05, 4.69) is 4.99 Å². The minimum atomic E-state index is 0.181. The zero-order valence-electron chi connectivity index (χ0n) is 11.2. The fourth-order valence-electron chi connectivity index (χ4n) is 2.24. The van der Waals surface area contributed by atoms with Gasteiger partial charge in [0.05, 0.1) is 26.8 Å². The van der Waals surface area contributed by atoms with Crippen LogP contribution in [-0.2, 0) is 7.05 Å². The summed E-state index contributed by atoms with van der Waals surface area (Å²) in [6.45, 7) is 0. The molecule has 2 aromatic carbocycles. The van der Waals surface area contributed by atoms with Gasteiger partial charge in [-0.25, -0.2) is 0 Å². The number of rotatable bonds is 2. The molecule has 0 saturated carbocycles. The number of para-hydroxylation sites is 1. The van der Waals surface area contributed by atoms with Gasteiger partial charge in [-0.1, -0.05) is 41.4 Å². The predicted molar refractivity (Wildman–Crippen MR) is 88.3 cm³/mol. The van der Waals surface area contributed by atoms with Crippen molar-refractivity contribution in [2.75, 3.05) is 0 Å². The molecule has 0 aliphatic heterocycles. The van der Waals surface area contributed by atoms with Gasteiger partial charge in [0.15, 0.2) is 0 Å². The Labute approximate surface area is 132 Å². The topological polar surface area (TPSA) is 37.5 Å². The van der Waals surface area contributed by atoms with E-state index in [0.29, 0.717) is 21.3 Å². The number of hydrogen-bond donors (Lipinski definition) is 1. The second kappa shape index (κ2) is 5.43. The van der Waals surface area contributed by atoms with Crippen molar-refractivity contribution < 1.29 is 5.11 Å². The Hall–Kier alpha value is -1.97. The average Bonchev–Trinajstić information content (AvgIpc) is 2.73. The van der Waals surface area contributed by atoms with Crippen LogP contribution in [0.5, 0.6) is 5.88 Å². The molecule has 106 valence electrons. The SMILES string of the molecule is Cn1c(O)c(C=Nc2ccc(Cl)c(Cl)c2)c2ccccc21. The van der Waals surface area contributed by atoms with E-state index in [4.69, 9.17) is 23.2 Å². The minimum Gasteiger partial charge on any atom is -0.494 e. The molecule has 0 aliphatic carbocycles. The number of aryl methyl sites for hydroxylation is 1. The summed E-state index contributed by atoms with van der Waals surface area (Å²) in [4.78, 5) is 4.36. The normalized spacial score (nSPS) is 11.6. The molecule has 0 unspecified atom stereocenters. The van der Waals surface area contributed by atoms with Crippen molar-refractivity contribution in [1.82, 2.24) is 4.57 Å². The van der Waals surface area contributed by atoms with Crippen LogP contribution in [0, 0.1) is 0 Å². The summed E-state index contributed by atoms with van der Waals surface area (Å²) in [6, 6.07) is 12.9. The number of hydrogen-bond acceptors (Lipinski definition) is 2. The maximum absolute atomic E-state index is 10.2. The lowest BCUT2D eigenvalue weighted by atomic mass is 10.2. The Morgan fingerprint density at radius 3 is 2.62 bits per heavy atom. The molecule has 0 amide bonds. The van der Waals surface area contributed by atoms with Gasteiger partial charge in [0, 0.05) is 18.6 Å². The second-order valence-electron chi connectivity index (χ2n) is 4.67. The van der Waals surface area contributed by atoms with Crippen LogP contribution in [0.2, 0.25) is 10.0 Å². The predicted octanol–water partition coefficient (Wildman–Crippen LogP) is 4.94. The van der Waals surface area contributed by atoms with E-state index >= 15 is 0 Å². The number of halogens is 2. The highest BCUT2D eigenvalue weighted by Crippen LogP contribution is 2.30. The van der Waals surface area contributed by atoms with Crippen molar-refractivity contribution >= 4 is 46.0 Å². The first-order valence-electron chi connectivity index (χ1n) is 6.33. The smallest absolute Gasteiger partial charge is 0.200 e. The first-order chi connectivity index (χ1) is 10.1. The molecular formula is C16H12Cl2N2O. The third-order valence-electron chi connectivity index (χ3n) is 3.36. The van der Waals surface area contributed by atoms with Crippen molar-refractivity contribution in [3.8, 4) is 5.88 Å². The van der Waals surface area contributed by atoms with Gasteiger partial charge in [-0.3, -0.25) is 4.99 Å². The first-order valence-corrected chi connectivity index (χ1v) is 7.09. The van der Waals surface area contributed by atoms with Gasteiger partial charge in [0.1, 0.15) is 0 Å². The molecule has 0 atom stereocenters. The van der Waals surface area contributed by atoms with Gasteiger partial charge < -0.3 is 9.67 Å². The van der Waals surface area contributed by atoms with Crippen LogP contribution >= 0.6 is 23.2 Å². The van der Waals surface area contributed by atoms with Crippen molar-refractivity contribution in [3.63, 3.8) is 0 Å². The molecule has 0 fully saturated rings. The molecular weight excluding hydrogens is 307 g/mol. The lowest BCUT2D eigenvalue weighted by molar-refractivity contribution is 0.434. The third-order valence-corrected chi connectivity index (χ3v) is 4.10. The Bertz CT molecular complexity index is 853. The summed E-state index contributed by atoms with van der Waals surface area (Å²) in [5.41, 5.74) is 2.31. The van der Waals surface area contributed by atoms with Gasteiger partial charge in [-0.2, -0.15) is 0 Å². The fraction of sp³-hybridized carbons (Fsp3) is 0.0625. The van der Waals surface area contributed by atoms with Gasteiger partial charge in [0.2, 0.25) is 5.88 Å². The first kappa shape index (κ1) is 14.0. The number of aromatic nitrogens is 1. The number of aromatic hydroxyl groups is 1. The molecule has 1 aromatic heterocycles. The van der Waals surface area contributed by atoms with Gasteiger partial charge in [-0.05, 0) is 24.3 Å². The second-order valence-corrected chi connectivity index (χ2v) is 5.48. The highest BCUT2D eigenvalue weighted by molar-refractivity contribution is 6.42. The molecule has 0 aliphatic rings. The largest absolute Gasteiger partial charge is 0.494 e. The lowest BCUT2D eigenvalue weighted by Crippen LogP contribution is -1.85. The highest BCUT2D eigenvalue weighted by Gasteiger charge is 2.11. The Kier molecular flexibility index (Phi) is 3.62. The van der Waals surface area contributed by atoms with Crippen LogP contribution in [0.4, 0.5) is 5.69 Å². The van der Waals surface area contributed by atoms with Crippen LogP contribution in [0.1, 0.15) is 5.56 Å². The fourth-order valence-corrected chi connectivity index (χ4v) is 2.53. The molecule has 3 nitrogen and oxygen atoms in total. The molecule has 0 spiro atoms. The molecule has 3 rings (SSSR count). The maximum atomic E-state index is 10.2. The third kappa shape index (κ3) is 2.50. The van der Waals surface area contributed by atoms with Crippen molar-refractivity contribution in [3.05, 3.63) is 58.1 Å². The zero-order valence-corrected chi connectivity index (χ0v) is 12.7. The van der Waals surface area contributed by atoms with Crippen molar-refractivity contribution in [2.45, 2.75) is 0 Å². The van der Waals surface area contributed by atoms with E-state index in [1.807, 2.05) is 31.3 Å². The van der Waals surface area contributed by atoms with Crippen molar-refractivity contribution in [2.24, 2.45) is 12.0 Å². The minimum absolute atomic E-state index is 0.181. The van der Waals surface area contributed by atoms with Crippen LogP contribution in [-0.4, -0.2) is 15.9 Å².